The van der Waals surface area contributed by atoms with Crippen LogP contribution in [0.3, 0.4) is 0 Å². The molecule has 1 heterocycles. The minimum Gasteiger partial charge on any atom is -0.395 e. The van der Waals surface area contributed by atoms with Crippen LogP contribution in [0.5, 0.6) is 0 Å². The topological polar surface area (TPSA) is 69.6 Å². The number of carbonyl (C=O) groups is 2. The fourth-order valence-corrected chi connectivity index (χ4v) is 2.51. The van der Waals surface area contributed by atoms with Crippen LogP contribution in [0.1, 0.15) is 28.6 Å². The van der Waals surface area contributed by atoms with Crippen LogP contribution >= 0.6 is 11.3 Å². The Hall–Kier alpha value is -1.84. The third-order valence-electron chi connectivity index (χ3n) is 2.88. The molecule has 2 N–H and O–H groups in total. The summed E-state index contributed by atoms with van der Waals surface area (Å²) in [7, 11) is 3.26. The Morgan fingerprint density at radius 2 is 2.24 bits per heavy atom. The van der Waals surface area contributed by atoms with Gasteiger partial charge in [0.05, 0.1) is 23.0 Å². The molecule has 0 radical (unpaired) electrons. The van der Waals surface area contributed by atoms with Gasteiger partial charge in [0.15, 0.2) is 0 Å². The fourth-order valence-electron chi connectivity index (χ4n) is 1.76. The molecule has 0 aliphatic carbocycles. The van der Waals surface area contributed by atoms with Crippen molar-refractivity contribution in [2.24, 2.45) is 5.92 Å². The number of nitrogens with one attached hydrogen (secondary N) is 1. The highest BCUT2D eigenvalue weighted by Gasteiger charge is 2.19. The van der Waals surface area contributed by atoms with E-state index < -0.39 is 0 Å². The van der Waals surface area contributed by atoms with Crippen molar-refractivity contribution in [2.45, 2.75) is 13.3 Å². The van der Waals surface area contributed by atoms with Gasteiger partial charge in [-0.05, 0) is 6.07 Å². The van der Waals surface area contributed by atoms with Crippen LogP contribution in [-0.4, -0.2) is 49.1 Å². The molecule has 1 aromatic heterocycles. The summed E-state index contributed by atoms with van der Waals surface area (Å²) in [5, 5.41) is 13.0. The van der Waals surface area contributed by atoms with E-state index in [0.717, 1.165) is 4.88 Å². The van der Waals surface area contributed by atoms with Gasteiger partial charge in [-0.2, -0.15) is 0 Å². The molecular weight excluding hydrogens is 288 g/mol. The third-order valence-corrected chi connectivity index (χ3v) is 3.73. The second-order valence-electron chi connectivity index (χ2n) is 4.68. The van der Waals surface area contributed by atoms with Gasteiger partial charge in [-0.25, -0.2) is 0 Å². The molecule has 114 valence electrons. The van der Waals surface area contributed by atoms with Crippen molar-refractivity contribution in [3.8, 4) is 11.8 Å². The maximum atomic E-state index is 12.2. The van der Waals surface area contributed by atoms with E-state index in [1.165, 1.54) is 16.2 Å². The summed E-state index contributed by atoms with van der Waals surface area (Å²) >= 11 is 1.39. The van der Waals surface area contributed by atoms with Crippen molar-refractivity contribution in [1.82, 2.24) is 10.2 Å². The first kappa shape index (κ1) is 17.2. The molecule has 1 aromatic rings. The van der Waals surface area contributed by atoms with Crippen molar-refractivity contribution in [2.75, 3.05) is 27.2 Å². The molecule has 1 atom stereocenters. The molecule has 1 unspecified atom stereocenters. The van der Waals surface area contributed by atoms with E-state index >= 15 is 0 Å². The highest BCUT2D eigenvalue weighted by molar-refractivity contribution is 7.10. The Kier molecular flexibility index (Phi) is 6.92. The zero-order chi connectivity index (χ0) is 15.8. The van der Waals surface area contributed by atoms with E-state index in [0.29, 0.717) is 18.5 Å². The molecule has 0 spiro atoms. The first-order valence-corrected chi connectivity index (χ1v) is 7.52. The van der Waals surface area contributed by atoms with Gasteiger partial charge in [0, 0.05) is 32.4 Å². The molecule has 6 heteroatoms. The summed E-state index contributed by atoms with van der Waals surface area (Å²) < 4.78 is 0. The largest absolute Gasteiger partial charge is 0.395 e. The standard InChI is InChI=1S/C15H20N2O3S/c1-11(14(19)16-2)9-17(3)15(20)12-8-13(21-10-12)6-4-5-7-18/h8,10-11,18H,5,7,9H2,1-3H3,(H,16,19). The maximum Gasteiger partial charge on any atom is 0.254 e. The van der Waals surface area contributed by atoms with Gasteiger partial charge in [-0.15, -0.1) is 11.3 Å². The number of rotatable bonds is 5. The minimum absolute atomic E-state index is 0.0320. The van der Waals surface area contributed by atoms with E-state index in [9.17, 15) is 9.59 Å². The average molecular weight is 308 g/mol. The van der Waals surface area contributed by atoms with E-state index in [1.807, 2.05) is 0 Å². The third kappa shape index (κ3) is 5.21. The minimum atomic E-state index is -0.258. The lowest BCUT2D eigenvalue weighted by molar-refractivity contribution is -0.124. The summed E-state index contributed by atoms with van der Waals surface area (Å²) in [6.07, 6.45) is 0.421. The van der Waals surface area contributed by atoms with Crippen LogP contribution in [0.4, 0.5) is 0 Å². The first-order valence-electron chi connectivity index (χ1n) is 6.65. The molecule has 2 amide bonds. The predicted octanol–water partition coefficient (Wildman–Crippen LogP) is 0.936. The number of hydrogen-bond donors (Lipinski definition) is 2. The zero-order valence-electron chi connectivity index (χ0n) is 12.5. The number of thiophene rings is 1. The molecule has 21 heavy (non-hydrogen) atoms. The molecule has 0 aliphatic heterocycles. The molecule has 0 aromatic carbocycles. The quantitative estimate of drug-likeness (QED) is 0.795. The van der Waals surface area contributed by atoms with Gasteiger partial charge >= 0.3 is 0 Å². The van der Waals surface area contributed by atoms with Gasteiger partial charge in [0.25, 0.3) is 5.91 Å². The Morgan fingerprint density at radius 3 is 2.86 bits per heavy atom. The normalized spacial score (nSPS) is 11.2. The van der Waals surface area contributed by atoms with Gasteiger partial charge < -0.3 is 15.3 Å². The van der Waals surface area contributed by atoms with Gasteiger partial charge in [0.2, 0.25) is 5.91 Å². The van der Waals surface area contributed by atoms with Gasteiger partial charge in [-0.3, -0.25) is 9.59 Å². The number of carbonyl (C=O) groups excluding carboxylic acids is 2. The average Bonchev–Trinajstić information content (AvgIpc) is 2.94. The fraction of sp³-hybridized carbons (Fsp3) is 0.467. The smallest absolute Gasteiger partial charge is 0.254 e. The lowest BCUT2D eigenvalue weighted by atomic mass is 10.1. The maximum absolute atomic E-state index is 12.2. The van der Waals surface area contributed by atoms with Gasteiger partial charge in [-0.1, -0.05) is 18.8 Å². The summed E-state index contributed by atoms with van der Waals surface area (Å²) in [5.41, 5.74) is 0.569. The predicted molar refractivity (Wildman–Crippen MR) is 83.1 cm³/mol. The zero-order valence-corrected chi connectivity index (χ0v) is 13.3. The van der Waals surface area contributed by atoms with E-state index in [4.69, 9.17) is 5.11 Å². The molecule has 0 bridgehead atoms. The Balaban J connectivity index is 2.67. The van der Waals surface area contributed by atoms with Crippen LogP contribution < -0.4 is 5.32 Å². The number of hydrogen-bond acceptors (Lipinski definition) is 4. The van der Waals surface area contributed by atoms with E-state index in [2.05, 4.69) is 17.2 Å². The van der Waals surface area contributed by atoms with Crippen molar-refractivity contribution < 1.29 is 14.7 Å². The highest BCUT2D eigenvalue weighted by Crippen LogP contribution is 2.15. The number of amides is 2. The summed E-state index contributed by atoms with van der Waals surface area (Å²) in [6.45, 7) is 2.17. The van der Waals surface area contributed by atoms with Crippen molar-refractivity contribution in [3.63, 3.8) is 0 Å². The monoisotopic (exact) mass is 308 g/mol. The molecule has 0 saturated heterocycles. The first-order chi connectivity index (χ1) is 9.99. The van der Waals surface area contributed by atoms with Crippen molar-refractivity contribution in [1.29, 1.82) is 0 Å². The Morgan fingerprint density at radius 1 is 1.52 bits per heavy atom. The lowest BCUT2D eigenvalue weighted by Gasteiger charge is -2.20. The van der Waals surface area contributed by atoms with Crippen LogP contribution in [0.15, 0.2) is 11.4 Å². The molecule has 1 rings (SSSR count). The second-order valence-corrected chi connectivity index (χ2v) is 5.59. The molecule has 0 saturated carbocycles. The summed E-state index contributed by atoms with van der Waals surface area (Å²) in [6, 6.07) is 1.73. The Bertz CT molecular complexity index is 557. The molecular formula is C15H20N2O3S. The number of aliphatic hydroxyl groups is 1. The second kappa shape index (κ2) is 8.45. The van der Waals surface area contributed by atoms with Gasteiger partial charge in [0.1, 0.15) is 0 Å². The van der Waals surface area contributed by atoms with Crippen molar-refractivity contribution in [3.05, 3.63) is 21.9 Å². The molecule has 0 aliphatic rings. The Labute approximate surface area is 129 Å². The highest BCUT2D eigenvalue weighted by atomic mass is 32.1. The van der Waals surface area contributed by atoms with Crippen LogP contribution in [0, 0.1) is 17.8 Å². The summed E-state index contributed by atoms with van der Waals surface area (Å²) in [5.74, 6) is 5.25. The lowest BCUT2D eigenvalue weighted by Crippen LogP contribution is -2.37. The number of aliphatic hydroxyl groups excluding tert-OH is 1. The van der Waals surface area contributed by atoms with Crippen LogP contribution in [-0.2, 0) is 4.79 Å². The summed E-state index contributed by atoms with van der Waals surface area (Å²) in [4.78, 5) is 26.0. The van der Waals surface area contributed by atoms with Crippen LogP contribution in [0.25, 0.3) is 0 Å². The molecule has 0 fully saturated rings. The number of nitrogens with zero attached hydrogens (tertiary/aromatic N) is 1. The van der Waals surface area contributed by atoms with E-state index in [1.54, 1.807) is 32.5 Å². The SMILES string of the molecule is CNC(=O)C(C)CN(C)C(=O)c1csc(C#CCCO)c1. The van der Waals surface area contributed by atoms with Crippen LogP contribution in [0.2, 0.25) is 0 Å². The van der Waals surface area contributed by atoms with Crippen molar-refractivity contribution >= 4 is 23.2 Å². The molecule has 5 nitrogen and oxygen atoms in total. The van der Waals surface area contributed by atoms with E-state index in [-0.39, 0.29) is 24.3 Å².